The Morgan fingerprint density at radius 2 is 1.64 bits per heavy atom. The molecular formula is C25H22ClNO4S2. The Morgan fingerprint density at radius 1 is 1.00 bits per heavy atom. The minimum absolute atomic E-state index is 0.0211. The summed E-state index contributed by atoms with van der Waals surface area (Å²) < 4.78 is 27.3. The third-order valence-electron chi connectivity index (χ3n) is 5.61. The van der Waals surface area contributed by atoms with E-state index in [4.69, 9.17) is 11.6 Å². The van der Waals surface area contributed by atoms with Gasteiger partial charge in [0, 0.05) is 16.5 Å². The first-order valence-corrected chi connectivity index (χ1v) is 13.3. The number of halogens is 1. The molecule has 1 aliphatic heterocycles. The molecule has 0 bridgehead atoms. The summed E-state index contributed by atoms with van der Waals surface area (Å²) in [6.45, 7) is 1.90. The molecule has 0 fully saturated rings. The van der Waals surface area contributed by atoms with Crippen LogP contribution in [-0.2, 0) is 21.2 Å². The highest BCUT2D eigenvalue weighted by atomic mass is 35.5. The van der Waals surface area contributed by atoms with Gasteiger partial charge in [-0.1, -0.05) is 59.6 Å². The molecule has 1 aliphatic rings. The van der Waals surface area contributed by atoms with Gasteiger partial charge in [-0.15, -0.1) is 11.8 Å². The number of carbonyl (C=O) groups excluding carboxylic acids is 1. The number of aryl methyl sites for hydroxylation is 1. The van der Waals surface area contributed by atoms with Gasteiger partial charge in [-0.2, -0.15) is 0 Å². The first kappa shape index (κ1) is 23.4. The Balaban J connectivity index is 1.86. The van der Waals surface area contributed by atoms with Crippen LogP contribution in [0.3, 0.4) is 0 Å². The molecule has 3 aromatic rings. The van der Waals surface area contributed by atoms with E-state index >= 15 is 0 Å². The fourth-order valence-electron chi connectivity index (χ4n) is 3.84. The Morgan fingerprint density at radius 3 is 2.24 bits per heavy atom. The summed E-state index contributed by atoms with van der Waals surface area (Å²) in [6, 6.07) is 19.7. The molecule has 0 spiro atoms. The number of benzene rings is 3. The first-order valence-electron chi connectivity index (χ1n) is 10.2. The highest BCUT2D eigenvalue weighted by Gasteiger charge is 2.46. The van der Waals surface area contributed by atoms with Crippen molar-refractivity contribution in [2.24, 2.45) is 0 Å². The van der Waals surface area contributed by atoms with Gasteiger partial charge in [0.05, 0.1) is 10.9 Å². The van der Waals surface area contributed by atoms with Crippen LogP contribution in [0.1, 0.15) is 22.7 Å². The molecule has 4 rings (SSSR count). The van der Waals surface area contributed by atoms with Crippen LogP contribution in [0.5, 0.6) is 0 Å². The van der Waals surface area contributed by atoms with E-state index in [0.29, 0.717) is 16.1 Å². The predicted octanol–water partition coefficient (Wildman–Crippen LogP) is 5.70. The van der Waals surface area contributed by atoms with Crippen molar-refractivity contribution in [2.45, 2.75) is 29.3 Å². The number of amides is 1. The zero-order valence-electron chi connectivity index (χ0n) is 18.0. The van der Waals surface area contributed by atoms with Crippen LogP contribution in [0.15, 0.2) is 93.3 Å². The zero-order valence-corrected chi connectivity index (χ0v) is 20.4. The lowest BCUT2D eigenvalue weighted by atomic mass is 10.1. The van der Waals surface area contributed by atoms with Crippen molar-refractivity contribution < 1.29 is 18.3 Å². The van der Waals surface area contributed by atoms with E-state index in [2.05, 4.69) is 0 Å². The molecule has 0 aromatic heterocycles. The summed E-state index contributed by atoms with van der Waals surface area (Å²) in [4.78, 5) is 15.2. The second-order valence-corrected chi connectivity index (χ2v) is 10.9. The predicted molar refractivity (Wildman–Crippen MR) is 131 cm³/mol. The molecule has 1 N–H and O–H groups in total. The van der Waals surface area contributed by atoms with Crippen LogP contribution < -0.4 is 0 Å². The van der Waals surface area contributed by atoms with Gasteiger partial charge in [0.1, 0.15) is 4.91 Å². The van der Waals surface area contributed by atoms with Gasteiger partial charge >= 0.3 is 0 Å². The molecule has 3 aromatic carbocycles. The standard InChI is InChI=1S/C25H22ClNO4S2/c1-16-7-13-20(14-8-16)33(30,31)24-22(17-9-11-19(32-2)12-10-17)27(25(29)23(24)28)15-18-5-3-4-6-21(18)26/h3-14,22,28H,15H2,1-2H3/t22-/m1/s1. The monoisotopic (exact) mass is 499 g/mol. The lowest BCUT2D eigenvalue weighted by Gasteiger charge is -2.27. The second kappa shape index (κ2) is 9.25. The molecule has 1 atom stereocenters. The Kier molecular flexibility index (Phi) is 6.56. The van der Waals surface area contributed by atoms with Crippen LogP contribution >= 0.6 is 23.4 Å². The van der Waals surface area contributed by atoms with Gasteiger partial charge in [-0.3, -0.25) is 4.79 Å². The molecule has 0 aliphatic carbocycles. The lowest BCUT2D eigenvalue weighted by Crippen LogP contribution is -2.30. The number of nitrogens with zero attached hydrogens (tertiary/aromatic N) is 1. The zero-order chi connectivity index (χ0) is 23.8. The van der Waals surface area contributed by atoms with E-state index in [1.54, 1.807) is 60.3 Å². The van der Waals surface area contributed by atoms with Gasteiger partial charge in [-0.05, 0) is 54.6 Å². The summed E-state index contributed by atoms with van der Waals surface area (Å²) >= 11 is 7.88. The number of thioether (sulfide) groups is 1. The van der Waals surface area contributed by atoms with Crippen LogP contribution in [0.25, 0.3) is 0 Å². The SMILES string of the molecule is CSc1ccc([C@@H]2C(S(=O)(=O)c3ccc(C)cc3)=C(O)C(=O)N2Cc2ccccc2Cl)cc1. The summed E-state index contributed by atoms with van der Waals surface area (Å²) in [5.74, 6) is -1.51. The minimum atomic E-state index is -4.16. The van der Waals surface area contributed by atoms with Gasteiger partial charge in [0.15, 0.2) is 5.76 Å². The smallest absolute Gasteiger partial charge is 0.290 e. The van der Waals surface area contributed by atoms with E-state index in [1.165, 1.54) is 17.0 Å². The maximum atomic E-state index is 13.6. The van der Waals surface area contributed by atoms with Crippen molar-refractivity contribution in [2.75, 3.05) is 6.26 Å². The largest absolute Gasteiger partial charge is 0.502 e. The van der Waals surface area contributed by atoms with Crippen LogP contribution in [0, 0.1) is 6.92 Å². The number of hydrogen-bond acceptors (Lipinski definition) is 5. The van der Waals surface area contributed by atoms with Crippen molar-refractivity contribution in [1.82, 2.24) is 4.90 Å². The van der Waals surface area contributed by atoms with Crippen molar-refractivity contribution >= 4 is 39.1 Å². The van der Waals surface area contributed by atoms with Crippen molar-refractivity contribution in [3.05, 3.63) is 105 Å². The average molecular weight is 500 g/mol. The minimum Gasteiger partial charge on any atom is -0.502 e. The van der Waals surface area contributed by atoms with Crippen molar-refractivity contribution in [3.8, 4) is 0 Å². The molecule has 33 heavy (non-hydrogen) atoms. The highest BCUT2D eigenvalue weighted by molar-refractivity contribution is 7.98. The molecule has 1 heterocycles. The van der Waals surface area contributed by atoms with E-state index in [0.717, 1.165) is 10.5 Å². The highest BCUT2D eigenvalue weighted by Crippen LogP contribution is 2.43. The fourth-order valence-corrected chi connectivity index (χ4v) is 6.09. The number of aliphatic hydroxyl groups excluding tert-OH is 1. The Hall–Kier alpha value is -2.74. The normalized spacial score (nSPS) is 16.5. The molecule has 170 valence electrons. The molecule has 1 amide bonds. The van der Waals surface area contributed by atoms with E-state index in [1.807, 2.05) is 25.3 Å². The topological polar surface area (TPSA) is 74.7 Å². The maximum Gasteiger partial charge on any atom is 0.290 e. The van der Waals surface area contributed by atoms with E-state index < -0.39 is 27.5 Å². The molecule has 0 radical (unpaired) electrons. The number of rotatable bonds is 6. The lowest BCUT2D eigenvalue weighted by molar-refractivity contribution is -0.130. The molecule has 0 saturated heterocycles. The van der Waals surface area contributed by atoms with Crippen LogP contribution in [0.2, 0.25) is 5.02 Å². The molecule has 0 unspecified atom stereocenters. The second-order valence-electron chi connectivity index (χ2n) is 7.73. The summed E-state index contributed by atoms with van der Waals surface area (Å²) in [7, 11) is -4.16. The van der Waals surface area contributed by atoms with Gasteiger partial charge < -0.3 is 10.0 Å². The van der Waals surface area contributed by atoms with E-state index in [-0.39, 0.29) is 16.3 Å². The van der Waals surface area contributed by atoms with Gasteiger partial charge in [0.25, 0.3) is 5.91 Å². The van der Waals surface area contributed by atoms with E-state index in [9.17, 15) is 18.3 Å². The fraction of sp³-hybridized carbons (Fsp3) is 0.160. The quantitative estimate of drug-likeness (QED) is 0.440. The van der Waals surface area contributed by atoms with Gasteiger partial charge in [-0.25, -0.2) is 8.42 Å². The number of aliphatic hydroxyl groups is 1. The Bertz CT molecular complexity index is 1330. The Labute approximate surface area is 202 Å². The molecular weight excluding hydrogens is 478 g/mol. The molecule has 8 heteroatoms. The van der Waals surface area contributed by atoms with Crippen molar-refractivity contribution in [3.63, 3.8) is 0 Å². The summed E-state index contributed by atoms with van der Waals surface area (Å²) in [5.41, 5.74) is 2.14. The van der Waals surface area contributed by atoms with Crippen molar-refractivity contribution in [1.29, 1.82) is 0 Å². The van der Waals surface area contributed by atoms with Crippen LogP contribution in [-0.4, -0.2) is 30.6 Å². The summed E-state index contributed by atoms with van der Waals surface area (Å²) in [5, 5.41) is 11.3. The van der Waals surface area contributed by atoms with Gasteiger partial charge in [0.2, 0.25) is 9.84 Å². The average Bonchev–Trinajstić information content (AvgIpc) is 3.06. The van der Waals surface area contributed by atoms with Crippen LogP contribution in [0.4, 0.5) is 0 Å². The third-order valence-corrected chi connectivity index (χ3v) is 8.61. The summed E-state index contributed by atoms with van der Waals surface area (Å²) in [6.07, 6.45) is 1.94. The molecule has 5 nitrogen and oxygen atoms in total. The third kappa shape index (κ3) is 4.40. The molecule has 0 saturated carbocycles. The first-order chi connectivity index (χ1) is 15.7. The number of sulfone groups is 1. The maximum absolute atomic E-state index is 13.6. The number of hydrogen-bond donors (Lipinski definition) is 1. The number of carbonyl (C=O) groups is 1.